The van der Waals surface area contributed by atoms with Crippen LogP contribution in [-0.2, 0) is 4.79 Å². The van der Waals surface area contributed by atoms with Gasteiger partial charge in [-0.1, -0.05) is 18.2 Å². The standard InChI is InChI=1S/C29H32N2O7/c1-4-34-25-16-20(17-26(35-5-2)28(25)36-6-3)29(33)30-21-12-13-24-23(18-21)31(27(32)19-38-24)14-15-37-22-10-8-7-9-11-22/h7-13,16-18H,4-6,14-15,19H2,1-3H3,(H,30,33). The highest BCUT2D eigenvalue weighted by Crippen LogP contribution is 2.40. The molecule has 9 nitrogen and oxygen atoms in total. The maximum absolute atomic E-state index is 13.2. The number of nitrogens with zero attached hydrogens (tertiary/aromatic N) is 1. The van der Waals surface area contributed by atoms with Crippen LogP contribution in [0.25, 0.3) is 0 Å². The molecule has 0 aliphatic carbocycles. The highest BCUT2D eigenvalue weighted by molar-refractivity contribution is 6.06. The Labute approximate surface area is 222 Å². The summed E-state index contributed by atoms with van der Waals surface area (Å²) in [6.45, 7) is 7.39. The van der Waals surface area contributed by atoms with E-state index in [1.54, 1.807) is 35.2 Å². The molecule has 3 aromatic rings. The van der Waals surface area contributed by atoms with Crippen molar-refractivity contribution in [2.24, 2.45) is 0 Å². The average molecular weight is 521 g/mol. The molecule has 0 bridgehead atoms. The predicted molar refractivity (Wildman–Crippen MR) is 144 cm³/mol. The van der Waals surface area contributed by atoms with E-state index in [-0.39, 0.29) is 18.4 Å². The summed E-state index contributed by atoms with van der Waals surface area (Å²) in [5.74, 6) is 2.05. The summed E-state index contributed by atoms with van der Waals surface area (Å²) >= 11 is 0. The second kappa shape index (κ2) is 12.7. The van der Waals surface area contributed by atoms with Crippen LogP contribution in [0.3, 0.4) is 0 Å². The van der Waals surface area contributed by atoms with Crippen molar-refractivity contribution in [2.75, 3.05) is 49.8 Å². The molecule has 1 N–H and O–H groups in total. The fourth-order valence-electron chi connectivity index (χ4n) is 4.02. The molecule has 1 heterocycles. The minimum absolute atomic E-state index is 0.0589. The van der Waals surface area contributed by atoms with Gasteiger partial charge < -0.3 is 33.9 Å². The molecule has 0 unspecified atom stereocenters. The molecule has 0 atom stereocenters. The molecule has 38 heavy (non-hydrogen) atoms. The molecule has 0 spiro atoms. The maximum Gasteiger partial charge on any atom is 0.265 e. The van der Waals surface area contributed by atoms with Gasteiger partial charge in [-0.05, 0) is 63.2 Å². The largest absolute Gasteiger partial charge is 0.492 e. The van der Waals surface area contributed by atoms with Crippen LogP contribution in [0.2, 0.25) is 0 Å². The SMILES string of the molecule is CCOc1cc(C(=O)Nc2ccc3c(c2)N(CCOc2ccccc2)C(=O)CO3)cc(OCC)c1OCC. The van der Waals surface area contributed by atoms with Crippen LogP contribution in [-0.4, -0.2) is 51.4 Å². The van der Waals surface area contributed by atoms with Gasteiger partial charge in [0, 0.05) is 11.3 Å². The number of nitrogens with one attached hydrogen (secondary N) is 1. The number of para-hydroxylation sites is 1. The van der Waals surface area contributed by atoms with E-state index in [4.69, 9.17) is 23.7 Å². The zero-order valence-electron chi connectivity index (χ0n) is 21.8. The Kier molecular flexibility index (Phi) is 8.92. The third kappa shape index (κ3) is 6.29. The third-order valence-corrected chi connectivity index (χ3v) is 5.66. The molecule has 3 aromatic carbocycles. The van der Waals surface area contributed by atoms with Crippen molar-refractivity contribution in [1.29, 1.82) is 0 Å². The number of amides is 2. The van der Waals surface area contributed by atoms with Crippen molar-refractivity contribution < 1.29 is 33.3 Å². The second-order valence-corrected chi connectivity index (χ2v) is 8.23. The van der Waals surface area contributed by atoms with Gasteiger partial charge in [-0.15, -0.1) is 0 Å². The molecule has 9 heteroatoms. The lowest BCUT2D eigenvalue weighted by Gasteiger charge is -2.29. The Balaban J connectivity index is 1.54. The molecule has 2 amide bonds. The number of carbonyl (C=O) groups is 2. The first kappa shape index (κ1) is 26.7. The number of benzene rings is 3. The molecule has 0 aromatic heterocycles. The number of hydrogen-bond acceptors (Lipinski definition) is 7. The first-order valence-corrected chi connectivity index (χ1v) is 12.7. The lowest BCUT2D eigenvalue weighted by atomic mass is 10.1. The Morgan fingerprint density at radius 1 is 0.895 bits per heavy atom. The monoisotopic (exact) mass is 520 g/mol. The van der Waals surface area contributed by atoms with E-state index in [9.17, 15) is 9.59 Å². The number of fused-ring (bicyclic) bond motifs is 1. The zero-order chi connectivity index (χ0) is 26.9. The smallest absolute Gasteiger partial charge is 0.265 e. The van der Waals surface area contributed by atoms with Crippen LogP contribution in [0.4, 0.5) is 11.4 Å². The molecular weight excluding hydrogens is 488 g/mol. The molecule has 1 aliphatic heterocycles. The number of ether oxygens (including phenoxy) is 5. The highest BCUT2D eigenvalue weighted by atomic mass is 16.5. The van der Waals surface area contributed by atoms with Gasteiger partial charge in [-0.25, -0.2) is 0 Å². The van der Waals surface area contributed by atoms with Crippen LogP contribution in [0.15, 0.2) is 60.7 Å². The van der Waals surface area contributed by atoms with Gasteiger partial charge in [-0.2, -0.15) is 0 Å². The molecule has 0 fully saturated rings. The fourth-order valence-corrected chi connectivity index (χ4v) is 4.02. The molecule has 4 rings (SSSR count). The van der Waals surface area contributed by atoms with Crippen molar-refractivity contribution in [3.05, 3.63) is 66.2 Å². The Morgan fingerprint density at radius 3 is 2.24 bits per heavy atom. The van der Waals surface area contributed by atoms with Gasteiger partial charge in [0.05, 0.1) is 32.1 Å². The van der Waals surface area contributed by atoms with E-state index in [1.165, 1.54) is 0 Å². The summed E-state index contributed by atoms with van der Waals surface area (Å²) < 4.78 is 28.6. The van der Waals surface area contributed by atoms with E-state index >= 15 is 0 Å². The highest BCUT2D eigenvalue weighted by Gasteiger charge is 2.26. The van der Waals surface area contributed by atoms with E-state index in [1.807, 2.05) is 51.1 Å². The van der Waals surface area contributed by atoms with Gasteiger partial charge in [-0.3, -0.25) is 9.59 Å². The van der Waals surface area contributed by atoms with Gasteiger partial charge in [0.1, 0.15) is 18.1 Å². The molecular formula is C29H32N2O7. The van der Waals surface area contributed by atoms with E-state index in [0.717, 1.165) is 5.75 Å². The molecule has 0 saturated carbocycles. The van der Waals surface area contributed by atoms with E-state index in [2.05, 4.69) is 5.32 Å². The maximum atomic E-state index is 13.2. The van der Waals surface area contributed by atoms with Crippen molar-refractivity contribution in [3.63, 3.8) is 0 Å². The number of rotatable bonds is 12. The van der Waals surface area contributed by atoms with Crippen molar-refractivity contribution >= 4 is 23.2 Å². The summed E-state index contributed by atoms with van der Waals surface area (Å²) in [5.41, 5.74) is 1.41. The van der Waals surface area contributed by atoms with Crippen molar-refractivity contribution in [3.8, 4) is 28.7 Å². The minimum Gasteiger partial charge on any atom is -0.492 e. The number of hydrogen-bond donors (Lipinski definition) is 1. The van der Waals surface area contributed by atoms with E-state index < -0.39 is 0 Å². The summed E-state index contributed by atoms with van der Waals surface area (Å²) in [4.78, 5) is 27.5. The normalized spacial score (nSPS) is 12.3. The third-order valence-electron chi connectivity index (χ3n) is 5.66. The van der Waals surface area contributed by atoms with E-state index in [0.29, 0.717) is 72.9 Å². The first-order valence-electron chi connectivity index (χ1n) is 12.7. The average Bonchev–Trinajstić information content (AvgIpc) is 2.92. The Hall–Kier alpha value is -4.40. The van der Waals surface area contributed by atoms with Gasteiger partial charge in [0.25, 0.3) is 11.8 Å². The van der Waals surface area contributed by atoms with Gasteiger partial charge >= 0.3 is 0 Å². The topological polar surface area (TPSA) is 95.6 Å². The van der Waals surface area contributed by atoms with Crippen molar-refractivity contribution in [1.82, 2.24) is 0 Å². The lowest BCUT2D eigenvalue weighted by Crippen LogP contribution is -2.41. The van der Waals surface area contributed by atoms with Gasteiger partial charge in [0.2, 0.25) is 5.75 Å². The Bertz CT molecular complexity index is 1240. The zero-order valence-corrected chi connectivity index (χ0v) is 21.8. The first-order chi connectivity index (χ1) is 18.5. The molecule has 200 valence electrons. The van der Waals surface area contributed by atoms with Crippen LogP contribution in [0.1, 0.15) is 31.1 Å². The van der Waals surface area contributed by atoms with Gasteiger partial charge in [0.15, 0.2) is 18.1 Å². The van der Waals surface area contributed by atoms with Crippen molar-refractivity contribution in [2.45, 2.75) is 20.8 Å². The molecule has 0 radical (unpaired) electrons. The van der Waals surface area contributed by atoms with Crippen LogP contribution in [0, 0.1) is 0 Å². The minimum atomic E-state index is -0.364. The quantitative estimate of drug-likeness (QED) is 0.361. The second-order valence-electron chi connectivity index (χ2n) is 8.23. The molecule has 1 aliphatic rings. The van der Waals surface area contributed by atoms with Crippen LogP contribution in [0.5, 0.6) is 28.7 Å². The summed E-state index contributed by atoms with van der Waals surface area (Å²) in [6, 6.07) is 17.8. The predicted octanol–water partition coefficient (Wildman–Crippen LogP) is 4.94. The Morgan fingerprint density at radius 2 is 1.58 bits per heavy atom. The summed E-state index contributed by atoms with van der Waals surface area (Å²) in [6.07, 6.45) is 0. The van der Waals surface area contributed by atoms with Crippen LogP contribution >= 0.6 is 0 Å². The van der Waals surface area contributed by atoms with Crippen LogP contribution < -0.4 is 33.9 Å². The summed E-state index contributed by atoms with van der Waals surface area (Å²) in [5, 5.41) is 2.90. The molecule has 0 saturated heterocycles. The lowest BCUT2D eigenvalue weighted by molar-refractivity contribution is -0.121. The summed E-state index contributed by atoms with van der Waals surface area (Å²) in [7, 11) is 0. The number of anilines is 2. The fraction of sp³-hybridized carbons (Fsp3) is 0.310. The number of carbonyl (C=O) groups excluding carboxylic acids is 2.